The second kappa shape index (κ2) is 2.77. The standard InChI is InChI=1S/C9H13N3O2/c13-2-8-11-10-6-12(8)4-9-1-7(9)3-14-5-9/h6-7,13H,1-5H2. The Morgan fingerprint density at radius 1 is 1.71 bits per heavy atom. The molecule has 2 fully saturated rings. The first-order valence-corrected chi connectivity index (χ1v) is 4.89. The van der Waals surface area contributed by atoms with Gasteiger partial charge in [-0.1, -0.05) is 0 Å². The zero-order valence-electron chi connectivity index (χ0n) is 7.89. The van der Waals surface area contributed by atoms with Crippen molar-refractivity contribution in [2.24, 2.45) is 11.3 Å². The summed E-state index contributed by atoms with van der Waals surface area (Å²) in [4.78, 5) is 0. The van der Waals surface area contributed by atoms with Crippen molar-refractivity contribution in [3.05, 3.63) is 12.2 Å². The van der Waals surface area contributed by atoms with E-state index in [1.807, 2.05) is 4.57 Å². The van der Waals surface area contributed by atoms with Gasteiger partial charge in [-0.25, -0.2) is 0 Å². The van der Waals surface area contributed by atoms with Crippen LogP contribution in [0.2, 0.25) is 0 Å². The normalized spacial score (nSPS) is 34.5. The number of fused-ring (bicyclic) bond motifs is 1. The SMILES string of the molecule is OCc1nncn1CC12COCC1C2. The number of ether oxygens (including phenoxy) is 1. The Morgan fingerprint density at radius 3 is 3.29 bits per heavy atom. The van der Waals surface area contributed by atoms with Crippen molar-refractivity contribution in [1.29, 1.82) is 0 Å². The third-order valence-corrected chi connectivity index (χ3v) is 3.39. The van der Waals surface area contributed by atoms with Gasteiger partial charge in [0.2, 0.25) is 0 Å². The van der Waals surface area contributed by atoms with E-state index in [1.54, 1.807) is 6.33 Å². The van der Waals surface area contributed by atoms with Crippen LogP contribution in [0.5, 0.6) is 0 Å². The summed E-state index contributed by atoms with van der Waals surface area (Å²) in [5.41, 5.74) is 0.326. The lowest BCUT2D eigenvalue weighted by atomic mass is 10.1. The predicted molar refractivity (Wildman–Crippen MR) is 47.3 cm³/mol. The molecule has 2 heterocycles. The van der Waals surface area contributed by atoms with E-state index in [0.29, 0.717) is 11.2 Å². The van der Waals surface area contributed by atoms with Crippen molar-refractivity contribution in [1.82, 2.24) is 14.8 Å². The minimum absolute atomic E-state index is 0.0401. The zero-order valence-corrected chi connectivity index (χ0v) is 7.89. The Hall–Kier alpha value is -0.940. The van der Waals surface area contributed by atoms with E-state index < -0.39 is 0 Å². The highest BCUT2D eigenvalue weighted by atomic mass is 16.5. The molecular weight excluding hydrogens is 182 g/mol. The predicted octanol–water partition coefficient (Wildman–Crippen LogP) is -0.193. The summed E-state index contributed by atoms with van der Waals surface area (Å²) in [5.74, 6) is 1.37. The van der Waals surface area contributed by atoms with Crippen LogP contribution in [0.15, 0.2) is 6.33 Å². The van der Waals surface area contributed by atoms with Crippen molar-refractivity contribution in [3.63, 3.8) is 0 Å². The van der Waals surface area contributed by atoms with Gasteiger partial charge in [0, 0.05) is 12.0 Å². The number of hydrogen-bond donors (Lipinski definition) is 1. The molecule has 5 nitrogen and oxygen atoms in total. The first-order chi connectivity index (χ1) is 6.84. The van der Waals surface area contributed by atoms with E-state index in [2.05, 4.69) is 10.2 Å². The van der Waals surface area contributed by atoms with Crippen LogP contribution in [-0.4, -0.2) is 33.1 Å². The van der Waals surface area contributed by atoms with Gasteiger partial charge in [-0.05, 0) is 12.3 Å². The summed E-state index contributed by atoms with van der Waals surface area (Å²) >= 11 is 0. The van der Waals surface area contributed by atoms with Crippen LogP contribution in [0, 0.1) is 11.3 Å². The van der Waals surface area contributed by atoms with Crippen molar-refractivity contribution >= 4 is 0 Å². The molecule has 3 rings (SSSR count). The monoisotopic (exact) mass is 195 g/mol. The molecule has 1 saturated carbocycles. The molecule has 2 unspecified atom stereocenters. The zero-order chi connectivity index (χ0) is 9.60. The lowest BCUT2D eigenvalue weighted by Crippen LogP contribution is -2.16. The number of rotatable bonds is 3. The average Bonchev–Trinajstić information content (AvgIpc) is 2.61. The van der Waals surface area contributed by atoms with Crippen LogP contribution < -0.4 is 0 Å². The maximum Gasteiger partial charge on any atom is 0.158 e. The van der Waals surface area contributed by atoms with Crippen LogP contribution in [-0.2, 0) is 17.9 Å². The molecule has 2 aliphatic rings. The number of aliphatic hydroxyl groups excluding tert-OH is 1. The van der Waals surface area contributed by atoms with Gasteiger partial charge >= 0.3 is 0 Å². The highest BCUT2D eigenvalue weighted by molar-refractivity contribution is 5.06. The number of hydrogen-bond acceptors (Lipinski definition) is 4. The third kappa shape index (κ3) is 1.09. The van der Waals surface area contributed by atoms with E-state index in [9.17, 15) is 0 Å². The molecule has 5 heteroatoms. The van der Waals surface area contributed by atoms with Gasteiger partial charge in [-0.3, -0.25) is 0 Å². The van der Waals surface area contributed by atoms with Gasteiger partial charge in [0.05, 0.1) is 13.2 Å². The van der Waals surface area contributed by atoms with Crippen LogP contribution in [0.1, 0.15) is 12.2 Å². The maximum atomic E-state index is 9.02. The molecule has 1 aromatic rings. The lowest BCUT2D eigenvalue weighted by Gasteiger charge is -2.12. The molecule has 1 saturated heterocycles. The summed E-state index contributed by atoms with van der Waals surface area (Å²) in [6.07, 6.45) is 2.93. The molecule has 0 radical (unpaired) electrons. The molecular formula is C9H13N3O2. The average molecular weight is 195 g/mol. The van der Waals surface area contributed by atoms with Gasteiger partial charge in [-0.2, -0.15) is 0 Å². The van der Waals surface area contributed by atoms with Gasteiger partial charge in [0.15, 0.2) is 5.82 Å². The van der Waals surface area contributed by atoms with Crippen LogP contribution in [0.4, 0.5) is 0 Å². The summed E-state index contributed by atoms with van der Waals surface area (Å²) in [6, 6.07) is 0. The van der Waals surface area contributed by atoms with Gasteiger partial charge < -0.3 is 14.4 Å². The quantitative estimate of drug-likeness (QED) is 0.726. The molecule has 0 amide bonds. The second-order valence-corrected chi connectivity index (χ2v) is 4.31. The van der Waals surface area contributed by atoms with Crippen molar-refractivity contribution in [3.8, 4) is 0 Å². The smallest absolute Gasteiger partial charge is 0.158 e. The first-order valence-electron chi connectivity index (χ1n) is 4.89. The molecule has 1 aromatic heterocycles. The third-order valence-electron chi connectivity index (χ3n) is 3.39. The van der Waals surface area contributed by atoms with E-state index in [-0.39, 0.29) is 6.61 Å². The molecule has 1 N–H and O–H groups in total. The number of aromatic nitrogens is 3. The van der Waals surface area contributed by atoms with Gasteiger partial charge in [0.1, 0.15) is 12.9 Å². The number of nitrogens with zero attached hydrogens (tertiary/aromatic N) is 3. The molecule has 14 heavy (non-hydrogen) atoms. The van der Waals surface area contributed by atoms with E-state index in [1.165, 1.54) is 6.42 Å². The van der Waals surface area contributed by atoms with Crippen molar-refractivity contribution < 1.29 is 9.84 Å². The van der Waals surface area contributed by atoms with Gasteiger partial charge in [0.25, 0.3) is 0 Å². The van der Waals surface area contributed by atoms with E-state index in [4.69, 9.17) is 9.84 Å². The molecule has 1 aliphatic heterocycles. The fourth-order valence-corrected chi connectivity index (χ4v) is 2.36. The topological polar surface area (TPSA) is 60.2 Å². The summed E-state index contributed by atoms with van der Waals surface area (Å²) in [7, 11) is 0. The fraction of sp³-hybridized carbons (Fsp3) is 0.778. The van der Waals surface area contributed by atoms with E-state index in [0.717, 1.165) is 25.7 Å². The molecule has 0 spiro atoms. The molecule has 76 valence electrons. The second-order valence-electron chi connectivity index (χ2n) is 4.31. The van der Waals surface area contributed by atoms with Crippen molar-refractivity contribution in [2.45, 2.75) is 19.6 Å². The fourth-order valence-electron chi connectivity index (χ4n) is 2.36. The Morgan fingerprint density at radius 2 is 2.64 bits per heavy atom. The Labute approximate surface area is 81.7 Å². The van der Waals surface area contributed by atoms with Crippen LogP contribution in [0.25, 0.3) is 0 Å². The van der Waals surface area contributed by atoms with E-state index >= 15 is 0 Å². The Balaban J connectivity index is 1.78. The Bertz CT molecular complexity index is 352. The summed E-state index contributed by atoms with van der Waals surface area (Å²) < 4.78 is 7.35. The molecule has 0 bridgehead atoms. The summed E-state index contributed by atoms with van der Waals surface area (Å²) in [5, 5.41) is 16.7. The molecule has 0 aromatic carbocycles. The highest BCUT2D eigenvalue weighted by Crippen LogP contribution is 2.57. The van der Waals surface area contributed by atoms with Crippen LogP contribution >= 0.6 is 0 Å². The highest BCUT2D eigenvalue weighted by Gasteiger charge is 2.58. The minimum Gasteiger partial charge on any atom is -0.388 e. The number of aliphatic hydroxyl groups is 1. The first kappa shape index (κ1) is 8.38. The van der Waals surface area contributed by atoms with Crippen molar-refractivity contribution in [2.75, 3.05) is 13.2 Å². The summed E-state index contributed by atoms with van der Waals surface area (Å²) in [6.45, 7) is 2.60. The lowest BCUT2D eigenvalue weighted by molar-refractivity contribution is 0.140. The molecule has 1 aliphatic carbocycles. The maximum absolute atomic E-state index is 9.02. The largest absolute Gasteiger partial charge is 0.388 e. The van der Waals surface area contributed by atoms with Gasteiger partial charge in [-0.15, -0.1) is 10.2 Å². The minimum atomic E-state index is -0.0401. The molecule has 2 atom stereocenters. The Kier molecular flexibility index (Phi) is 1.66. The van der Waals surface area contributed by atoms with Crippen LogP contribution in [0.3, 0.4) is 0 Å².